The van der Waals surface area contributed by atoms with Gasteiger partial charge in [-0.1, -0.05) is 17.4 Å². The molecule has 0 unspecified atom stereocenters. The highest BCUT2D eigenvalue weighted by molar-refractivity contribution is 7.17. The molecular weight excluding hydrogens is 360 g/mol. The Bertz CT molecular complexity index is 962. The summed E-state index contributed by atoms with van der Waals surface area (Å²) in [6.07, 6.45) is 5.61. The number of benzene rings is 1. The van der Waals surface area contributed by atoms with E-state index in [0.717, 1.165) is 40.0 Å². The minimum atomic E-state index is -0.920. The van der Waals surface area contributed by atoms with Crippen molar-refractivity contribution in [3.05, 3.63) is 47.7 Å². The molecule has 6 nitrogen and oxygen atoms in total. The van der Waals surface area contributed by atoms with E-state index in [2.05, 4.69) is 20.1 Å². The summed E-state index contributed by atoms with van der Waals surface area (Å²) in [6, 6.07) is 9.32. The molecule has 0 amide bonds. The van der Waals surface area contributed by atoms with E-state index in [1.54, 1.807) is 19.1 Å². The van der Waals surface area contributed by atoms with Gasteiger partial charge < -0.3 is 10.0 Å². The highest BCUT2D eigenvalue weighted by Crippen LogP contribution is 2.31. The molecule has 0 aliphatic carbocycles. The van der Waals surface area contributed by atoms with Crippen LogP contribution in [0.2, 0.25) is 0 Å². The minimum absolute atomic E-state index is 0.306. The number of carboxylic acids is 1. The van der Waals surface area contributed by atoms with Crippen LogP contribution in [0.5, 0.6) is 0 Å². The second-order valence-corrected chi connectivity index (χ2v) is 7.68. The van der Waals surface area contributed by atoms with Crippen LogP contribution in [0.3, 0.4) is 0 Å². The summed E-state index contributed by atoms with van der Waals surface area (Å²) < 4.78 is 0. The van der Waals surface area contributed by atoms with Crippen molar-refractivity contribution in [3.63, 3.8) is 0 Å². The van der Waals surface area contributed by atoms with Gasteiger partial charge in [0.2, 0.25) is 0 Å². The van der Waals surface area contributed by atoms with Crippen molar-refractivity contribution in [3.8, 4) is 21.1 Å². The van der Waals surface area contributed by atoms with E-state index in [0.29, 0.717) is 11.1 Å². The summed E-state index contributed by atoms with van der Waals surface area (Å²) >= 11 is 1.48. The van der Waals surface area contributed by atoms with Gasteiger partial charge in [-0.15, -0.1) is 10.2 Å². The van der Waals surface area contributed by atoms with Crippen LogP contribution in [0.15, 0.2) is 36.5 Å². The minimum Gasteiger partial charge on any atom is -0.478 e. The molecule has 1 aliphatic rings. The van der Waals surface area contributed by atoms with Crippen molar-refractivity contribution in [2.45, 2.75) is 26.2 Å². The monoisotopic (exact) mass is 380 g/mol. The third-order valence-electron chi connectivity index (χ3n) is 4.80. The lowest BCUT2D eigenvalue weighted by Crippen LogP contribution is -2.29. The van der Waals surface area contributed by atoms with Gasteiger partial charge in [0.25, 0.3) is 0 Å². The first-order chi connectivity index (χ1) is 13.1. The van der Waals surface area contributed by atoms with Gasteiger partial charge in [0.15, 0.2) is 0 Å². The fourth-order valence-electron chi connectivity index (χ4n) is 3.32. The fourth-order valence-corrected chi connectivity index (χ4v) is 4.15. The number of pyridine rings is 1. The molecular formula is C20H20N4O2S. The predicted molar refractivity (Wildman–Crippen MR) is 106 cm³/mol. The standard InChI is InChI=1S/C20H20N4O2S/c1-13-11-14(5-7-16(13)20(25)26)18-22-23-19(27-18)15-6-8-17(21-12-15)24-9-3-2-4-10-24/h5-8,11-12H,2-4,9-10H2,1H3,(H,25,26). The number of aromatic carboxylic acids is 1. The van der Waals surface area contributed by atoms with Gasteiger partial charge in [-0.2, -0.15) is 0 Å². The number of carboxylic acid groups (broad SMARTS) is 1. The van der Waals surface area contributed by atoms with E-state index in [1.807, 2.05) is 24.4 Å². The van der Waals surface area contributed by atoms with Gasteiger partial charge in [0.05, 0.1) is 5.56 Å². The fraction of sp³-hybridized carbons (Fsp3) is 0.300. The van der Waals surface area contributed by atoms with Gasteiger partial charge in [-0.3, -0.25) is 0 Å². The topological polar surface area (TPSA) is 79.2 Å². The molecule has 1 aromatic carbocycles. The molecule has 1 saturated heterocycles. The second-order valence-electron chi connectivity index (χ2n) is 6.70. The van der Waals surface area contributed by atoms with Crippen LogP contribution in [0.4, 0.5) is 5.82 Å². The molecule has 3 aromatic rings. The van der Waals surface area contributed by atoms with Crippen LogP contribution in [0.25, 0.3) is 21.1 Å². The number of hydrogen-bond acceptors (Lipinski definition) is 6. The summed E-state index contributed by atoms with van der Waals surface area (Å²) in [5, 5.41) is 19.3. The van der Waals surface area contributed by atoms with Crippen molar-refractivity contribution in [2.75, 3.05) is 18.0 Å². The largest absolute Gasteiger partial charge is 0.478 e. The summed E-state index contributed by atoms with van der Waals surface area (Å²) in [5.41, 5.74) is 2.84. The first kappa shape index (κ1) is 17.6. The average Bonchev–Trinajstić information content (AvgIpc) is 3.19. The van der Waals surface area contributed by atoms with Crippen molar-refractivity contribution in [2.24, 2.45) is 0 Å². The smallest absolute Gasteiger partial charge is 0.335 e. The van der Waals surface area contributed by atoms with E-state index < -0.39 is 5.97 Å². The zero-order chi connectivity index (χ0) is 18.8. The first-order valence-electron chi connectivity index (χ1n) is 9.01. The molecule has 1 fully saturated rings. The van der Waals surface area contributed by atoms with E-state index >= 15 is 0 Å². The second kappa shape index (κ2) is 7.44. The van der Waals surface area contributed by atoms with Crippen molar-refractivity contribution >= 4 is 23.1 Å². The lowest BCUT2D eigenvalue weighted by molar-refractivity contribution is 0.0696. The van der Waals surface area contributed by atoms with E-state index in [4.69, 9.17) is 5.11 Å². The number of piperidine rings is 1. The number of nitrogens with zero attached hydrogens (tertiary/aromatic N) is 4. The third kappa shape index (κ3) is 3.68. The maximum Gasteiger partial charge on any atom is 0.335 e. The summed E-state index contributed by atoms with van der Waals surface area (Å²) in [6.45, 7) is 3.93. The lowest BCUT2D eigenvalue weighted by atomic mass is 10.1. The summed E-state index contributed by atoms with van der Waals surface area (Å²) in [7, 11) is 0. The number of aromatic nitrogens is 3. The zero-order valence-electron chi connectivity index (χ0n) is 15.1. The molecule has 7 heteroatoms. The number of carbonyl (C=O) groups is 1. The SMILES string of the molecule is Cc1cc(-c2nnc(-c3ccc(N4CCCCC4)nc3)s2)ccc1C(=O)O. The Labute approximate surface area is 161 Å². The molecule has 1 N–H and O–H groups in total. The molecule has 0 atom stereocenters. The van der Waals surface area contributed by atoms with Gasteiger partial charge in [0.1, 0.15) is 15.8 Å². The Kier molecular flexibility index (Phi) is 4.85. The third-order valence-corrected chi connectivity index (χ3v) is 5.83. The molecule has 27 heavy (non-hydrogen) atoms. The number of rotatable bonds is 4. The first-order valence-corrected chi connectivity index (χ1v) is 9.82. The Morgan fingerprint density at radius 3 is 2.37 bits per heavy atom. The Morgan fingerprint density at radius 2 is 1.74 bits per heavy atom. The Hall–Kier alpha value is -2.80. The molecule has 0 spiro atoms. The van der Waals surface area contributed by atoms with Gasteiger partial charge in [0, 0.05) is 30.4 Å². The van der Waals surface area contributed by atoms with Gasteiger partial charge in [-0.05, 0) is 56.0 Å². The van der Waals surface area contributed by atoms with Crippen LogP contribution in [0.1, 0.15) is 35.2 Å². The average molecular weight is 380 g/mol. The normalized spacial score (nSPS) is 14.3. The summed E-state index contributed by atoms with van der Waals surface area (Å²) in [4.78, 5) is 18.1. The van der Waals surface area contributed by atoms with E-state index in [1.165, 1.54) is 30.6 Å². The number of aryl methyl sites for hydroxylation is 1. The molecule has 2 aromatic heterocycles. The van der Waals surface area contributed by atoms with E-state index in [9.17, 15) is 4.79 Å². The van der Waals surface area contributed by atoms with Crippen molar-refractivity contribution in [1.82, 2.24) is 15.2 Å². The van der Waals surface area contributed by atoms with Gasteiger partial charge >= 0.3 is 5.97 Å². The highest BCUT2D eigenvalue weighted by Gasteiger charge is 2.14. The quantitative estimate of drug-likeness (QED) is 0.728. The zero-order valence-corrected chi connectivity index (χ0v) is 15.9. The van der Waals surface area contributed by atoms with Crippen LogP contribution in [-0.4, -0.2) is 39.3 Å². The van der Waals surface area contributed by atoms with E-state index in [-0.39, 0.29) is 0 Å². The highest BCUT2D eigenvalue weighted by atomic mass is 32.1. The Balaban J connectivity index is 1.55. The molecule has 3 heterocycles. The van der Waals surface area contributed by atoms with Crippen LogP contribution >= 0.6 is 11.3 Å². The van der Waals surface area contributed by atoms with Crippen molar-refractivity contribution in [1.29, 1.82) is 0 Å². The maximum absolute atomic E-state index is 11.2. The number of hydrogen-bond donors (Lipinski definition) is 1. The molecule has 0 radical (unpaired) electrons. The number of anilines is 1. The molecule has 138 valence electrons. The van der Waals surface area contributed by atoms with Crippen LogP contribution < -0.4 is 4.90 Å². The molecule has 0 saturated carbocycles. The van der Waals surface area contributed by atoms with Gasteiger partial charge in [-0.25, -0.2) is 9.78 Å². The molecule has 0 bridgehead atoms. The lowest BCUT2D eigenvalue weighted by Gasteiger charge is -2.27. The molecule has 4 rings (SSSR count). The molecule has 1 aliphatic heterocycles. The Morgan fingerprint density at radius 1 is 1.04 bits per heavy atom. The maximum atomic E-state index is 11.2. The predicted octanol–water partition coefficient (Wildman–Crippen LogP) is 4.26. The van der Waals surface area contributed by atoms with Crippen LogP contribution in [0, 0.1) is 6.92 Å². The van der Waals surface area contributed by atoms with Crippen molar-refractivity contribution < 1.29 is 9.90 Å². The van der Waals surface area contributed by atoms with Crippen LogP contribution in [-0.2, 0) is 0 Å². The summed E-state index contributed by atoms with van der Waals surface area (Å²) in [5.74, 6) is 0.0972.